The molecule has 1 unspecified atom stereocenters. The number of ether oxygens (including phenoxy) is 1. The van der Waals surface area contributed by atoms with Crippen molar-refractivity contribution in [2.45, 2.75) is 23.4 Å². The first-order valence-electron chi connectivity index (χ1n) is 7.61. The van der Waals surface area contributed by atoms with Crippen LogP contribution < -0.4 is 21.9 Å². The van der Waals surface area contributed by atoms with E-state index in [0.29, 0.717) is 6.07 Å². The molecule has 6 N–H and O–H groups in total. The van der Waals surface area contributed by atoms with E-state index in [1.807, 2.05) is 6.92 Å². The minimum Gasteiger partial charge on any atom is -0.457 e. The van der Waals surface area contributed by atoms with Crippen LogP contribution in [0.2, 0.25) is 0 Å². The number of rotatable bonds is 5. The molecule has 6 nitrogen and oxygen atoms in total. The number of hydrogen-bond donors (Lipinski definition) is 3. The molecule has 0 fully saturated rings. The summed E-state index contributed by atoms with van der Waals surface area (Å²) >= 11 is 1.40. The summed E-state index contributed by atoms with van der Waals surface area (Å²) in [5.74, 6) is -1.77. The smallest absolute Gasteiger partial charge is 0.420 e. The molecular formula is C17H17F3N4O2S. The van der Waals surface area contributed by atoms with Gasteiger partial charge in [-0.25, -0.2) is 0 Å². The Kier molecular flexibility index (Phi) is 6.34. The highest BCUT2D eigenvalue weighted by molar-refractivity contribution is 7.99. The molecule has 0 aromatic heterocycles. The average Bonchev–Trinajstić information content (AvgIpc) is 2.55. The van der Waals surface area contributed by atoms with Crippen molar-refractivity contribution in [1.82, 2.24) is 0 Å². The minimum atomic E-state index is -4.74. The number of nitrogens with two attached hydrogens (primary N) is 3. The number of amides is 1. The number of alkyl halides is 3. The van der Waals surface area contributed by atoms with Crippen LogP contribution in [0.3, 0.4) is 0 Å². The van der Waals surface area contributed by atoms with Crippen molar-refractivity contribution in [3.05, 3.63) is 53.6 Å². The molecule has 0 aliphatic carbocycles. The number of benzene rings is 2. The van der Waals surface area contributed by atoms with Gasteiger partial charge in [-0.1, -0.05) is 0 Å². The monoisotopic (exact) mass is 398 g/mol. The fraction of sp³-hybridized carbons (Fsp3) is 0.176. The molecule has 2 rings (SSSR count). The lowest BCUT2D eigenvalue weighted by molar-refractivity contribution is -0.138. The zero-order valence-electron chi connectivity index (χ0n) is 14.2. The largest absolute Gasteiger partial charge is 0.457 e. The van der Waals surface area contributed by atoms with Gasteiger partial charge in [-0.2, -0.15) is 18.2 Å². The highest BCUT2D eigenvalue weighted by Crippen LogP contribution is 2.39. The van der Waals surface area contributed by atoms with Crippen molar-refractivity contribution in [3.63, 3.8) is 0 Å². The third-order valence-electron chi connectivity index (χ3n) is 3.14. The van der Waals surface area contributed by atoms with Gasteiger partial charge in [-0.3, -0.25) is 4.79 Å². The number of hydrogen-bond acceptors (Lipinski definition) is 4. The maximum atomic E-state index is 13.4. The highest BCUT2D eigenvalue weighted by atomic mass is 32.2. The summed E-state index contributed by atoms with van der Waals surface area (Å²) < 4.78 is 45.5. The number of carbonyl (C=O) groups excluding carboxylic acids is 1. The highest BCUT2D eigenvalue weighted by Gasteiger charge is 2.35. The first-order valence-corrected chi connectivity index (χ1v) is 8.49. The van der Waals surface area contributed by atoms with Crippen molar-refractivity contribution < 1.29 is 22.7 Å². The summed E-state index contributed by atoms with van der Waals surface area (Å²) in [5.41, 5.74) is 14.4. The maximum absolute atomic E-state index is 13.4. The van der Waals surface area contributed by atoms with E-state index in [1.54, 1.807) is 12.1 Å². The fourth-order valence-corrected chi connectivity index (χ4v) is 2.81. The van der Waals surface area contributed by atoms with Crippen LogP contribution >= 0.6 is 11.8 Å². The van der Waals surface area contributed by atoms with Crippen LogP contribution in [0.1, 0.15) is 22.8 Å². The van der Waals surface area contributed by atoms with Crippen molar-refractivity contribution in [2.24, 2.45) is 22.2 Å². The molecule has 0 bridgehead atoms. The van der Waals surface area contributed by atoms with E-state index in [2.05, 4.69) is 4.99 Å². The number of carbonyl (C=O) groups is 1. The van der Waals surface area contributed by atoms with Crippen molar-refractivity contribution in [3.8, 4) is 11.5 Å². The molecule has 0 heterocycles. The van der Waals surface area contributed by atoms with Gasteiger partial charge in [0.15, 0.2) is 5.96 Å². The first-order chi connectivity index (χ1) is 12.6. The van der Waals surface area contributed by atoms with Crippen molar-refractivity contribution >= 4 is 23.6 Å². The average molecular weight is 398 g/mol. The van der Waals surface area contributed by atoms with Crippen LogP contribution in [-0.4, -0.2) is 17.2 Å². The normalized spacial score (nSPS) is 12.3. The Hall–Kier alpha value is -2.72. The molecule has 0 radical (unpaired) electrons. The molecule has 27 heavy (non-hydrogen) atoms. The predicted molar refractivity (Wildman–Crippen MR) is 97.6 cm³/mol. The molecule has 0 aliphatic heterocycles. The Balaban J connectivity index is 2.33. The van der Waals surface area contributed by atoms with Gasteiger partial charge in [-0.15, -0.1) is 11.8 Å². The number of halogens is 3. The molecule has 1 amide bonds. The molecule has 2 aromatic rings. The zero-order valence-corrected chi connectivity index (χ0v) is 15.0. The van der Waals surface area contributed by atoms with E-state index in [9.17, 15) is 18.0 Å². The van der Waals surface area contributed by atoms with Crippen LogP contribution in [0.4, 0.5) is 13.2 Å². The van der Waals surface area contributed by atoms with Crippen LogP contribution in [0.5, 0.6) is 11.5 Å². The second-order valence-corrected chi connectivity index (χ2v) is 6.90. The summed E-state index contributed by atoms with van der Waals surface area (Å²) in [6.07, 6.45) is -4.74. The van der Waals surface area contributed by atoms with Crippen molar-refractivity contribution in [2.75, 3.05) is 0 Å². The Morgan fingerprint density at radius 3 is 2.30 bits per heavy atom. The lowest BCUT2D eigenvalue weighted by Crippen LogP contribution is -2.24. The van der Waals surface area contributed by atoms with Gasteiger partial charge in [-0.05, 0) is 49.4 Å². The number of guanidine groups is 1. The lowest BCUT2D eigenvalue weighted by Gasteiger charge is -2.15. The Morgan fingerprint density at radius 1 is 1.15 bits per heavy atom. The fourth-order valence-electron chi connectivity index (χ4n) is 2.08. The van der Waals surface area contributed by atoms with Gasteiger partial charge in [0.25, 0.3) is 5.91 Å². The zero-order chi connectivity index (χ0) is 20.2. The second-order valence-electron chi connectivity index (χ2n) is 5.45. The summed E-state index contributed by atoms with van der Waals surface area (Å²) in [7, 11) is 0. The molecule has 0 saturated carbocycles. The summed E-state index contributed by atoms with van der Waals surface area (Å²) in [4.78, 5) is 15.8. The van der Waals surface area contributed by atoms with Gasteiger partial charge in [0.05, 0.1) is 10.9 Å². The van der Waals surface area contributed by atoms with E-state index in [4.69, 9.17) is 21.9 Å². The lowest BCUT2D eigenvalue weighted by atomic mass is 10.1. The quantitative estimate of drug-likeness (QED) is 0.308. The van der Waals surface area contributed by atoms with E-state index in [1.165, 1.54) is 23.9 Å². The summed E-state index contributed by atoms with van der Waals surface area (Å²) in [6.45, 7) is 1.82. The Labute approximate surface area is 157 Å². The summed E-state index contributed by atoms with van der Waals surface area (Å²) in [6, 6.07) is 9.28. The molecule has 0 aliphatic rings. The van der Waals surface area contributed by atoms with Crippen LogP contribution in [0, 0.1) is 0 Å². The SMILES string of the molecule is CC(N)Sc1ccc(Oc2ccc(C(=O)N=C(N)N)cc2C(F)(F)F)cc1. The standard InChI is InChI=1S/C17H17F3N4O2S/c1-9(21)27-12-5-3-11(4-6-12)26-14-7-2-10(15(25)24-16(22)23)8-13(14)17(18,19)20/h2-9H,21H2,1H3,(H4,22,23,24,25). The Bertz CT molecular complexity index is 848. The second kappa shape index (κ2) is 8.31. The van der Waals surface area contributed by atoms with Crippen LogP contribution in [0.25, 0.3) is 0 Å². The third kappa shape index (κ3) is 5.90. The number of nitrogens with zero attached hydrogens (tertiary/aromatic N) is 1. The topological polar surface area (TPSA) is 117 Å². The van der Waals surface area contributed by atoms with Crippen molar-refractivity contribution in [1.29, 1.82) is 0 Å². The molecule has 2 aromatic carbocycles. The molecule has 10 heteroatoms. The predicted octanol–water partition coefficient (Wildman–Crippen LogP) is 3.31. The molecule has 0 saturated heterocycles. The number of thioether (sulfide) groups is 1. The maximum Gasteiger partial charge on any atom is 0.420 e. The van der Waals surface area contributed by atoms with Gasteiger partial charge in [0.1, 0.15) is 11.5 Å². The van der Waals surface area contributed by atoms with E-state index < -0.39 is 29.4 Å². The van der Waals surface area contributed by atoms with Gasteiger partial charge in [0.2, 0.25) is 0 Å². The molecular weight excluding hydrogens is 381 g/mol. The molecule has 1 atom stereocenters. The first kappa shape index (κ1) is 20.6. The molecule has 0 spiro atoms. The van der Waals surface area contributed by atoms with E-state index >= 15 is 0 Å². The summed E-state index contributed by atoms with van der Waals surface area (Å²) in [5, 5.41) is -0.121. The minimum absolute atomic E-state index is 0.121. The van der Waals surface area contributed by atoms with Crippen LogP contribution in [0.15, 0.2) is 52.4 Å². The molecule has 144 valence electrons. The van der Waals surface area contributed by atoms with Gasteiger partial charge >= 0.3 is 6.18 Å². The number of aliphatic imine (C=N–C) groups is 1. The van der Waals surface area contributed by atoms with Gasteiger partial charge < -0.3 is 21.9 Å². The van der Waals surface area contributed by atoms with E-state index in [0.717, 1.165) is 17.0 Å². The third-order valence-corrected chi connectivity index (χ3v) is 4.05. The van der Waals surface area contributed by atoms with Crippen LogP contribution in [-0.2, 0) is 6.18 Å². The van der Waals surface area contributed by atoms with Gasteiger partial charge in [0, 0.05) is 10.5 Å². The van der Waals surface area contributed by atoms with E-state index in [-0.39, 0.29) is 16.7 Å². The Morgan fingerprint density at radius 2 is 1.78 bits per heavy atom.